The highest BCUT2D eigenvalue weighted by Crippen LogP contribution is 2.37. The molecule has 0 bridgehead atoms. The van der Waals surface area contributed by atoms with Gasteiger partial charge in [-0.3, -0.25) is 9.59 Å². The van der Waals surface area contributed by atoms with Gasteiger partial charge in [0.1, 0.15) is 22.7 Å². The molecule has 2 aromatic heterocycles. The summed E-state index contributed by atoms with van der Waals surface area (Å²) in [7, 11) is 2.89. The van der Waals surface area contributed by atoms with Crippen LogP contribution in [0.5, 0.6) is 11.5 Å². The van der Waals surface area contributed by atoms with E-state index < -0.39 is 11.8 Å². The molecule has 6 aromatic rings. The minimum atomic E-state index is -0.669. The van der Waals surface area contributed by atoms with E-state index in [9.17, 15) is 9.59 Å². The normalized spacial score (nSPS) is 12.0. The maximum Gasteiger partial charge on any atom is 0.252 e. The molecule has 0 atom stereocenters. The number of carbonyl (C=O) groups is 2. The van der Waals surface area contributed by atoms with Crippen molar-refractivity contribution in [3.63, 3.8) is 0 Å². The number of carbonyl (C=O) groups excluding carboxylic acids is 2. The highest BCUT2D eigenvalue weighted by Gasteiger charge is 2.25. The Morgan fingerprint density at radius 3 is 1.32 bits per heavy atom. The minimum Gasteiger partial charge on any atom is -0.494 e. The summed E-state index contributed by atoms with van der Waals surface area (Å²) >= 11 is 0. The summed E-state index contributed by atoms with van der Waals surface area (Å²) in [6.07, 6.45) is 0. The highest BCUT2D eigenvalue weighted by molar-refractivity contribution is 6.06. The number of rotatable bonds is 11. The van der Waals surface area contributed by atoms with Crippen molar-refractivity contribution in [2.75, 3.05) is 14.2 Å². The standard InChI is InChI=1S/C34H34N12O4/c1-49-27-21(31(37)47)11-13-23-25(27)41-33(19-9-5-3-7-17(19)29(35)43-39)45(23)15-16-46-24-14-12-22(32(38)48)28(50-2)26(24)42-34(46)20-10-6-4-8-18(20)30(36)44-40/h3-14H,15-16,39-40H2,1-2H3,(H2,35,43)(H2,36,44)(H2,37,47)(H2,38,48). The van der Waals surface area contributed by atoms with Gasteiger partial charge in [0.25, 0.3) is 11.8 Å². The quantitative estimate of drug-likeness (QED) is 0.0502. The van der Waals surface area contributed by atoms with E-state index in [-0.39, 0.29) is 34.3 Å². The van der Waals surface area contributed by atoms with Gasteiger partial charge in [0, 0.05) is 35.3 Å². The van der Waals surface area contributed by atoms with Crippen LogP contribution >= 0.6 is 0 Å². The molecule has 0 aliphatic rings. The monoisotopic (exact) mass is 674 g/mol. The number of aryl methyl sites for hydroxylation is 2. The van der Waals surface area contributed by atoms with E-state index in [0.29, 0.717) is 69.1 Å². The maximum absolute atomic E-state index is 12.3. The summed E-state index contributed by atoms with van der Waals surface area (Å²) in [6.45, 7) is 0.583. The van der Waals surface area contributed by atoms with Crippen molar-refractivity contribution in [3.05, 3.63) is 95.1 Å². The number of fused-ring (bicyclic) bond motifs is 2. The molecular weight excluding hydrogens is 640 g/mol. The van der Waals surface area contributed by atoms with Gasteiger partial charge < -0.3 is 53.2 Å². The molecule has 12 N–H and O–H groups in total. The number of methoxy groups -OCH3 is 2. The van der Waals surface area contributed by atoms with Gasteiger partial charge in [-0.05, 0) is 24.3 Å². The first kappa shape index (κ1) is 32.8. The number of hydrazone groups is 2. The van der Waals surface area contributed by atoms with Crippen LogP contribution < -0.4 is 44.1 Å². The number of nitrogens with zero attached hydrogens (tertiary/aromatic N) is 6. The zero-order valence-electron chi connectivity index (χ0n) is 27.1. The van der Waals surface area contributed by atoms with Crippen molar-refractivity contribution < 1.29 is 19.1 Å². The number of ether oxygens (including phenoxy) is 2. The first-order chi connectivity index (χ1) is 24.1. The molecule has 0 unspecified atom stereocenters. The molecule has 0 radical (unpaired) electrons. The molecule has 0 aliphatic carbocycles. The molecule has 16 nitrogen and oxygen atoms in total. The van der Waals surface area contributed by atoms with Crippen molar-refractivity contribution in [2.24, 2.45) is 44.8 Å². The second-order valence-corrected chi connectivity index (χ2v) is 11.1. The number of hydrogen-bond acceptors (Lipinski definition) is 10. The second kappa shape index (κ2) is 13.2. The Kier molecular flexibility index (Phi) is 8.66. The Labute approximate surface area is 284 Å². The van der Waals surface area contributed by atoms with Gasteiger partial charge in [-0.25, -0.2) is 9.97 Å². The smallest absolute Gasteiger partial charge is 0.252 e. The van der Waals surface area contributed by atoms with E-state index in [1.54, 1.807) is 48.5 Å². The van der Waals surface area contributed by atoms with Gasteiger partial charge in [0.15, 0.2) is 23.2 Å². The predicted molar refractivity (Wildman–Crippen MR) is 190 cm³/mol. The largest absolute Gasteiger partial charge is 0.494 e. The van der Waals surface area contributed by atoms with Gasteiger partial charge in [0.2, 0.25) is 0 Å². The third-order valence-electron chi connectivity index (χ3n) is 8.40. The van der Waals surface area contributed by atoms with Crippen molar-refractivity contribution >= 4 is 45.6 Å². The van der Waals surface area contributed by atoms with Crippen LogP contribution in [0.2, 0.25) is 0 Å². The number of amidine groups is 2. The lowest BCUT2D eigenvalue weighted by Crippen LogP contribution is -2.18. The summed E-state index contributed by atoms with van der Waals surface area (Å²) in [5.74, 6) is 11.5. The highest BCUT2D eigenvalue weighted by atomic mass is 16.5. The van der Waals surface area contributed by atoms with Crippen LogP contribution in [0.25, 0.3) is 44.8 Å². The number of aromatic nitrogens is 4. The predicted octanol–water partition coefficient (Wildman–Crippen LogP) is 1.79. The van der Waals surface area contributed by atoms with Crippen LogP contribution in [0.3, 0.4) is 0 Å². The van der Waals surface area contributed by atoms with Crippen molar-refractivity contribution in [3.8, 4) is 34.3 Å². The Morgan fingerprint density at radius 1 is 0.600 bits per heavy atom. The molecule has 4 aromatic carbocycles. The fourth-order valence-corrected chi connectivity index (χ4v) is 6.14. The first-order valence-electron chi connectivity index (χ1n) is 15.1. The van der Waals surface area contributed by atoms with Gasteiger partial charge in [-0.15, -0.1) is 0 Å². The molecule has 0 saturated carbocycles. The number of imidazole rings is 2. The minimum absolute atomic E-state index is 0.0972. The number of hydrogen-bond donors (Lipinski definition) is 6. The van der Waals surface area contributed by atoms with E-state index in [1.807, 2.05) is 33.4 Å². The lowest BCUT2D eigenvalue weighted by molar-refractivity contribution is 0.0989. The third kappa shape index (κ3) is 5.39. The summed E-state index contributed by atoms with van der Waals surface area (Å²) in [5.41, 5.74) is 28.6. The molecule has 6 rings (SSSR count). The van der Waals surface area contributed by atoms with Crippen LogP contribution in [0.4, 0.5) is 0 Å². The molecule has 0 saturated heterocycles. The van der Waals surface area contributed by atoms with Crippen LogP contribution in [-0.2, 0) is 13.1 Å². The Morgan fingerprint density at radius 2 is 0.980 bits per heavy atom. The molecule has 2 heterocycles. The maximum atomic E-state index is 12.3. The average molecular weight is 675 g/mol. The zero-order chi connectivity index (χ0) is 35.7. The first-order valence-corrected chi connectivity index (χ1v) is 15.1. The summed E-state index contributed by atoms with van der Waals surface area (Å²) in [4.78, 5) is 34.6. The lowest BCUT2D eigenvalue weighted by Gasteiger charge is -2.16. The number of primary amides is 2. The number of nitrogens with two attached hydrogens (primary N) is 6. The molecule has 16 heteroatoms. The van der Waals surface area contributed by atoms with Gasteiger partial charge >= 0.3 is 0 Å². The van der Waals surface area contributed by atoms with Gasteiger partial charge in [-0.1, -0.05) is 48.5 Å². The van der Waals surface area contributed by atoms with Crippen molar-refractivity contribution in [1.29, 1.82) is 0 Å². The zero-order valence-corrected chi connectivity index (χ0v) is 27.1. The number of benzene rings is 4. The van der Waals surface area contributed by atoms with E-state index >= 15 is 0 Å². The van der Waals surface area contributed by atoms with E-state index in [0.717, 1.165) is 0 Å². The van der Waals surface area contributed by atoms with Crippen molar-refractivity contribution in [2.45, 2.75) is 13.1 Å². The molecular formula is C34H34N12O4. The topological polar surface area (TPSA) is 269 Å². The summed E-state index contributed by atoms with van der Waals surface area (Å²) in [5, 5.41) is 7.43. The third-order valence-corrected chi connectivity index (χ3v) is 8.40. The van der Waals surface area contributed by atoms with Crippen LogP contribution in [-0.4, -0.2) is 56.8 Å². The Bertz CT molecular complexity index is 2210. The Hall–Kier alpha value is -7.10. The van der Waals surface area contributed by atoms with Crippen LogP contribution in [0.1, 0.15) is 31.8 Å². The van der Waals surface area contributed by atoms with Crippen molar-refractivity contribution in [1.82, 2.24) is 19.1 Å². The SMILES string of the molecule is COc1c(C(N)=O)ccc2c1nc(-c1ccccc1/C(N)=N/N)n2CCn1c(-c2ccccc2/C(N)=N/N)nc2c(OC)c(C(N)=O)ccc21. The van der Waals surface area contributed by atoms with Gasteiger partial charge in [-0.2, -0.15) is 10.2 Å². The second-order valence-electron chi connectivity index (χ2n) is 11.1. The van der Waals surface area contributed by atoms with Crippen LogP contribution in [0, 0.1) is 0 Å². The fraction of sp³-hybridized carbons (Fsp3) is 0.118. The molecule has 0 fully saturated rings. The summed E-state index contributed by atoms with van der Waals surface area (Å²) in [6, 6.07) is 21.2. The van der Waals surface area contributed by atoms with E-state index in [2.05, 4.69) is 10.2 Å². The molecule has 50 heavy (non-hydrogen) atoms. The van der Waals surface area contributed by atoms with E-state index in [1.165, 1.54) is 14.2 Å². The van der Waals surface area contributed by atoms with E-state index in [4.69, 9.17) is 54.1 Å². The molecule has 0 spiro atoms. The fourth-order valence-electron chi connectivity index (χ4n) is 6.14. The lowest BCUT2D eigenvalue weighted by atomic mass is 10.1. The molecule has 2 amide bonds. The Balaban J connectivity index is 1.62. The van der Waals surface area contributed by atoms with Crippen LogP contribution in [0.15, 0.2) is 83.0 Å². The number of amides is 2. The summed E-state index contributed by atoms with van der Waals surface area (Å²) < 4.78 is 15.2. The average Bonchev–Trinajstić information content (AvgIpc) is 3.70. The molecule has 0 aliphatic heterocycles. The van der Waals surface area contributed by atoms with Gasteiger partial charge in [0.05, 0.1) is 36.4 Å². The molecule has 254 valence electrons.